The molecule has 9 rings (SSSR count). The van der Waals surface area contributed by atoms with E-state index in [2.05, 4.69) is 49.7 Å². The molecule has 3 heterocycles. The molecule has 1 unspecified atom stereocenters. The maximum absolute atomic E-state index is 13.7. The van der Waals surface area contributed by atoms with Crippen molar-refractivity contribution in [3.8, 4) is 0 Å². The zero-order chi connectivity index (χ0) is 31.4. The van der Waals surface area contributed by atoms with Gasteiger partial charge in [-0.2, -0.15) is 0 Å². The van der Waals surface area contributed by atoms with Gasteiger partial charge < -0.3 is 5.32 Å². The Morgan fingerprint density at radius 3 is 2.24 bits per heavy atom. The lowest BCUT2D eigenvalue weighted by atomic mass is 9.48. The summed E-state index contributed by atoms with van der Waals surface area (Å²) in [4.78, 5) is 47.7. The smallest absolute Gasteiger partial charge is 0.264 e. The highest BCUT2D eigenvalue weighted by Gasteiger charge is 2.51. The van der Waals surface area contributed by atoms with Crippen LogP contribution in [-0.4, -0.2) is 70.4 Å². The lowest BCUT2D eigenvalue weighted by Gasteiger charge is -2.57. The molecule has 4 bridgehead atoms. The molecule has 2 aliphatic heterocycles. The standard InChI is InChI=1S/C37H46N6O3/c1-24-39-31-4-2-3-30(34(31)36(46)43(24)32-9-10-33(44)40-35(32)45)38-11-12-41-13-15-42(16-14-41)23-25-5-7-29(8-6-25)37-20-26-17-27(21-37)19-28(18-26)22-37/h2-8,26-28,32,38H,9-23H2,1H3,(H,40,44,45). The van der Waals surface area contributed by atoms with Crippen LogP contribution in [0.3, 0.4) is 0 Å². The van der Waals surface area contributed by atoms with Gasteiger partial charge in [-0.3, -0.25) is 34.1 Å². The Morgan fingerprint density at radius 2 is 1.57 bits per heavy atom. The third kappa shape index (κ3) is 5.55. The normalized spacial score (nSPS) is 29.8. The van der Waals surface area contributed by atoms with Gasteiger partial charge in [0.15, 0.2) is 0 Å². The van der Waals surface area contributed by atoms with Gasteiger partial charge in [-0.15, -0.1) is 0 Å². The summed E-state index contributed by atoms with van der Waals surface area (Å²) in [6.45, 7) is 8.46. The van der Waals surface area contributed by atoms with E-state index in [1.165, 1.54) is 48.7 Å². The molecule has 9 nitrogen and oxygen atoms in total. The van der Waals surface area contributed by atoms with Crippen LogP contribution in [0.15, 0.2) is 47.3 Å². The maximum Gasteiger partial charge on any atom is 0.264 e. The molecule has 242 valence electrons. The van der Waals surface area contributed by atoms with E-state index in [4.69, 9.17) is 0 Å². The van der Waals surface area contributed by atoms with Gasteiger partial charge in [0.05, 0.1) is 10.9 Å². The third-order valence-electron chi connectivity index (χ3n) is 11.8. The van der Waals surface area contributed by atoms with Crippen LogP contribution in [-0.2, 0) is 21.5 Å². The first-order chi connectivity index (χ1) is 22.3. The summed E-state index contributed by atoms with van der Waals surface area (Å²) in [5, 5.41) is 6.33. The molecule has 9 heteroatoms. The molecule has 1 aromatic heterocycles. The predicted octanol–water partition coefficient (Wildman–Crippen LogP) is 4.38. The fraction of sp³-hybridized carbons (Fsp3) is 0.568. The number of imide groups is 1. The maximum atomic E-state index is 13.7. The quantitative estimate of drug-likeness (QED) is 0.360. The van der Waals surface area contributed by atoms with Crippen molar-refractivity contribution >= 4 is 28.4 Å². The van der Waals surface area contributed by atoms with E-state index >= 15 is 0 Å². The summed E-state index contributed by atoms with van der Waals surface area (Å²) < 4.78 is 1.45. The van der Waals surface area contributed by atoms with Crippen molar-refractivity contribution in [1.82, 2.24) is 24.7 Å². The van der Waals surface area contributed by atoms with Crippen LogP contribution < -0.4 is 16.2 Å². The number of anilines is 1. The van der Waals surface area contributed by atoms with Crippen LogP contribution in [0.4, 0.5) is 5.69 Å². The fourth-order valence-electron chi connectivity index (χ4n) is 10.0. The Balaban J connectivity index is 0.857. The van der Waals surface area contributed by atoms with E-state index in [0.717, 1.165) is 62.7 Å². The molecule has 2 amide bonds. The highest BCUT2D eigenvalue weighted by molar-refractivity contribution is 5.99. The summed E-state index contributed by atoms with van der Waals surface area (Å²) in [5.74, 6) is 2.66. The summed E-state index contributed by atoms with van der Waals surface area (Å²) in [6, 6.07) is 14.6. The molecular formula is C37H46N6O3. The molecule has 6 fully saturated rings. The van der Waals surface area contributed by atoms with E-state index < -0.39 is 11.9 Å². The number of benzene rings is 2. The number of piperazine rings is 1. The van der Waals surface area contributed by atoms with Crippen LogP contribution >= 0.6 is 0 Å². The Bertz CT molecular complexity index is 1670. The van der Waals surface area contributed by atoms with Crippen LogP contribution in [0.1, 0.15) is 74.4 Å². The van der Waals surface area contributed by atoms with Gasteiger partial charge in [0, 0.05) is 57.9 Å². The number of aromatic nitrogens is 2. The number of carbonyl (C=O) groups excluding carboxylic acids is 2. The first-order valence-electron chi connectivity index (χ1n) is 17.5. The Kier molecular flexibility index (Phi) is 7.72. The van der Waals surface area contributed by atoms with Crippen LogP contribution in [0, 0.1) is 24.7 Å². The molecule has 0 spiro atoms. The summed E-state index contributed by atoms with van der Waals surface area (Å²) >= 11 is 0. The van der Waals surface area contributed by atoms with E-state index in [1.807, 2.05) is 18.2 Å². The lowest BCUT2D eigenvalue weighted by molar-refractivity contribution is -0.135. The van der Waals surface area contributed by atoms with Crippen LogP contribution in [0.5, 0.6) is 0 Å². The van der Waals surface area contributed by atoms with Crippen molar-refractivity contribution in [2.75, 3.05) is 44.6 Å². The molecular weight excluding hydrogens is 576 g/mol. The van der Waals surface area contributed by atoms with Crippen molar-refractivity contribution in [1.29, 1.82) is 0 Å². The first kappa shape index (κ1) is 29.8. The number of hydrogen-bond acceptors (Lipinski definition) is 7. The second-order valence-corrected chi connectivity index (χ2v) is 14.9. The molecule has 6 aliphatic rings. The number of rotatable bonds is 8. The number of nitrogens with zero attached hydrogens (tertiary/aromatic N) is 4. The molecule has 4 aliphatic carbocycles. The molecule has 2 aromatic carbocycles. The van der Waals surface area contributed by atoms with Crippen molar-refractivity contribution in [3.05, 3.63) is 69.8 Å². The Hall–Kier alpha value is -3.56. The summed E-state index contributed by atoms with van der Waals surface area (Å²) in [6.07, 6.45) is 9.26. The zero-order valence-corrected chi connectivity index (χ0v) is 27.0. The number of carbonyl (C=O) groups is 2. The van der Waals surface area contributed by atoms with E-state index in [-0.39, 0.29) is 17.9 Å². The largest absolute Gasteiger partial charge is 0.383 e. The van der Waals surface area contributed by atoms with Crippen LogP contribution in [0.25, 0.3) is 10.9 Å². The van der Waals surface area contributed by atoms with Gasteiger partial charge >= 0.3 is 0 Å². The van der Waals surface area contributed by atoms with Crippen molar-refractivity contribution in [3.63, 3.8) is 0 Å². The minimum absolute atomic E-state index is 0.210. The number of aryl methyl sites for hydroxylation is 1. The van der Waals surface area contributed by atoms with Crippen molar-refractivity contribution in [2.24, 2.45) is 17.8 Å². The molecule has 2 N–H and O–H groups in total. The van der Waals surface area contributed by atoms with Gasteiger partial charge in [-0.05, 0) is 98.3 Å². The predicted molar refractivity (Wildman–Crippen MR) is 179 cm³/mol. The van der Waals surface area contributed by atoms with E-state index in [9.17, 15) is 14.4 Å². The molecule has 4 saturated carbocycles. The van der Waals surface area contributed by atoms with Crippen LogP contribution in [0.2, 0.25) is 0 Å². The molecule has 3 aromatic rings. The molecule has 2 saturated heterocycles. The van der Waals surface area contributed by atoms with Crippen molar-refractivity contribution in [2.45, 2.75) is 76.3 Å². The van der Waals surface area contributed by atoms with Gasteiger partial charge in [-0.25, -0.2) is 4.98 Å². The van der Waals surface area contributed by atoms with Crippen molar-refractivity contribution < 1.29 is 9.59 Å². The number of amides is 2. The third-order valence-corrected chi connectivity index (χ3v) is 11.8. The van der Waals surface area contributed by atoms with Gasteiger partial charge in [0.25, 0.3) is 5.56 Å². The minimum Gasteiger partial charge on any atom is -0.383 e. The second kappa shape index (κ2) is 11.9. The molecule has 46 heavy (non-hydrogen) atoms. The highest BCUT2D eigenvalue weighted by Crippen LogP contribution is 2.60. The second-order valence-electron chi connectivity index (χ2n) is 14.9. The monoisotopic (exact) mass is 622 g/mol. The van der Waals surface area contributed by atoms with Gasteiger partial charge in [0.1, 0.15) is 11.9 Å². The topological polar surface area (TPSA) is 99.6 Å². The number of hydrogen-bond donors (Lipinski definition) is 2. The number of piperidine rings is 1. The zero-order valence-electron chi connectivity index (χ0n) is 27.0. The number of fused-ring (bicyclic) bond motifs is 1. The van der Waals surface area contributed by atoms with Gasteiger partial charge in [-0.1, -0.05) is 30.3 Å². The Labute approximate surface area is 270 Å². The summed E-state index contributed by atoms with van der Waals surface area (Å²) in [7, 11) is 0. The SMILES string of the molecule is Cc1nc2cccc(NCCN3CCN(Cc4ccc(C56CC7CC(CC(C7)C5)C6)cc4)CC3)c2c(=O)n1C1CCC(=O)NC1=O. The van der Waals surface area contributed by atoms with Gasteiger partial charge in [0.2, 0.25) is 11.8 Å². The molecule has 0 radical (unpaired) electrons. The highest BCUT2D eigenvalue weighted by atomic mass is 16.2. The molecule has 1 atom stereocenters. The summed E-state index contributed by atoms with van der Waals surface area (Å²) in [5.41, 5.74) is 4.59. The minimum atomic E-state index is -0.730. The Morgan fingerprint density at radius 1 is 0.891 bits per heavy atom. The lowest BCUT2D eigenvalue weighted by Crippen LogP contribution is -2.48. The number of nitrogens with one attached hydrogen (secondary N) is 2. The van der Waals surface area contributed by atoms with E-state index in [1.54, 1.807) is 12.5 Å². The fourth-order valence-corrected chi connectivity index (χ4v) is 10.0. The first-order valence-corrected chi connectivity index (χ1v) is 17.5. The average molecular weight is 623 g/mol. The average Bonchev–Trinajstić information content (AvgIpc) is 3.02. The van der Waals surface area contributed by atoms with E-state index in [0.29, 0.717) is 35.1 Å².